The van der Waals surface area contributed by atoms with Crippen LogP contribution >= 0.6 is 0 Å². The summed E-state index contributed by atoms with van der Waals surface area (Å²) in [4.78, 5) is 1.27. The van der Waals surface area contributed by atoms with Crippen LogP contribution in [0.15, 0.2) is 5.16 Å². The third-order valence-electron chi connectivity index (χ3n) is 0.697. The second-order valence-electron chi connectivity index (χ2n) is 1.38. The largest absolute Gasteiger partial charge is 0.411 e. The van der Waals surface area contributed by atoms with E-state index in [-0.39, 0.29) is 0 Å². The fourth-order valence-corrected chi connectivity index (χ4v) is 0.402. The summed E-state index contributed by atoms with van der Waals surface area (Å²) in [5.74, 6) is 0.292. The Morgan fingerprint density at radius 3 is 3.00 bits per heavy atom. The molecule has 9 heavy (non-hydrogen) atoms. The van der Waals surface area contributed by atoms with Crippen molar-refractivity contribution in [2.24, 2.45) is 12.2 Å². The SMILES string of the molecule is Cn1nnc(C=NO)n1. The first-order valence-electron chi connectivity index (χ1n) is 2.24. The Hall–Kier alpha value is -1.46. The van der Waals surface area contributed by atoms with Gasteiger partial charge in [0.25, 0.3) is 0 Å². The van der Waals surface area contributed by atoms with Gasteiger partial charge in [-0.3, -0.25) is 0 Å². The molecule has 0 atom stereocenters. The van der Waals surface area contributed by atoms with Crippen molar-refractivity contribution in [2.75, 3.05) is 0 Å². The van der Waals surface area contributed by atoms with Crippen molar-refractivity contribution >= 4 is 6.21 Å². The summed E-state index contributed by atoms with van der Waals surface area (Å²) >= 11 is 0. The van der Waals surface area contributed by atoms with E-state index in [9.17, 15) is 0 Å². The van der Waals surface area contributed by atoms with E-state index in [1.807, 2.05) is 0 Å². The highest BCUT2D eigenvalue weighted by Crippen LogP contribution is 1.75. The molecule has 1 N–H and O–H groups in total. The molecule has 0 aliphatic heterocycles. The molecule has 1 aromatic rings. The van der Waals surface area contributed by atoms with E-state index in [1.54, 1.807) is 7.05 Å². The minimum absolute atomic E-state index is 0.292. The van der Waals surface area contributed by atoms with Gasteiger partial charge in [-0.2, -0.15) is 4.80 Å². The minimum atomic E-state index is 0.292. The first-order valence-corrected chi connectivity index (χ1v) is 2.24. The van der Waals surface area contributed by atoms with Crippen molar-refractivity contribution in [2.45, 2.75) is 0 Å². The zero-order chi connectivity index (χ0) is 6.69. The molecule has 1 rings (SSSR count). The van der Waals surface area contributed by atoms with E-state index in [0.717, 1.165) is 6.21 Å². The van der Waals surface area contributed by atoms with E-state index in [4.69, 9.17) is 5.21 Å². The predicted octanol–water partition coefficient (Wildman–Crippen LogP) is -0.982. The quantitative estimate of drug-likeness (QED) is 0.299. The second-order valence-corrected chi connectivity index (χ2v) is 1.38. The molecule has 1 aromatic heterocycles. The van der Waals surface area contributed by atoms with Crippen LogP contribution < -0.4 is 0 Å². The third kappa shape index (κ3) is 1.21. The maximum absolute atomic E-state index is 7.98. The first-order chi connectivity index (χ1) is 4.33. The molecule has 48 valence electrons. The molecule has 0 unspecified atom stereocenters. The molecule has 6 nitrogen and oxygen atoms in total. The molecule has 0 aliphatic rings. The van der Waals surface area contributed by atoms with Crippen molar-refractivity contribution in [1.29, 1.82) is 0 Å². The first kappa shape index (κ1) is 5.67. The van der Waals surface area contributed by atoms with E-state index in [2.05, 4.69) is 20.6 Å². The van der Waals surface area contributed by atoms with Gasteiger partial charge in [0.05, 0.1) is 7.05 Å². The van der Waals surface area contributed by atoms with Gasteiger partial charge >= 0.3 is 0 Å². The van der Waals surface area contributed by atoms with Crippen LogP contribution in [0.4, 0.5) is 0 Å². The monoisotopic (exact) mass is 127 g/mol. The Morgan fingerprint density at radius 1 is 1.78 bits per heavy atom. The third-order valence-corrected chi connectivity index (χ3v) is 0.697. The number of hydrogen-bond acceptors (Lipinski definition) is 5. The highest BCUT2D eigenvalue weighted by molar-refractivity contribution is 5.72. The summed E-state index contributed by atoms with van der Waals surface area (Å²) < 4.78 is 0. The second kappa shape index (κ2) is 2.21. The lowest BCUT2D eigenvalue weighted by Crippen LogP contribution is -1.92. The summed E-state index contributed by atoms with van der Waals surface area (Å²) in [5.41, 5.74) is 0. The number of oxime groups is 1. The highest BCUT2D eigenvalue weighted by atomic mass is 16.4. The van der Waals surface area contributed by atoms with Crippen LogP contribution in [0, 0.1) is 0 Å². The number of nitrogens with zero attached hydrogens (tertiary/aromatic N) is 5. The maximum Gasteiger partial charge on any atom is 0.219 e. The molecule has 0 saturated carbocycles. The van der Waals surface area contributed by atoms with E-state index in [0.29, 0.717) is 5.82 Å². The molecule has 1 heterocycles. The van der Waals surface area contributed by atoms with Crippen LogP contribution in [0.1, 0.15) is 5.82 Å². The van der Waals surface area contributed by atoms with Crippen molar-refractivity contribution < 1.29 is 5.21 Å². The highest BCUT2D eigenvalue weighted by Gasteiger charge is 1.92. The topological polar surface area (TPSA) is 76.2 Å². The average molecular weight is 127 g/mol. The smallest absolute Gasteiger partial charge is 0.219 e. The van der Waals surface area contributed by atoms with Crippen LogP contribution in [0.3, 0.4) is 0 Å². The van der Waals surface area contributed by atoms with Crippen molar-refractivity contribution in [3.63, 3.8) is 0 Å². The lowest BCUT2D eigenvalue weighted by molar-refractivity contribution is 0.321. The molecular formula is C3H5N5O. The summed E-state index contributed by atoms with van der Waals surface area (Å²) in [5, 5.41) is 21.4. The van der Waals surface area contributed by atoms with Gasteiger partial charge in [0.15, 0.2) is 0 Å². The minimum Gasteiger partial charge on any atom is -0.411 e. The Kier molecular flexibility index (Phi) is 1.39. The van der Waals surface area contributed by atoms with Crippen LogP contribution in [-0.2, 0) is 7.05 Å². The summed E-state index contributed by atoms with van der Waals surface area (Å²) in [6.07, 6.45) is 1.10. The molecule has 0 spiro atoms. The zero-order valence-corrected chi connectivity index (χ0v) is 4.76. The molecule has 0 fully saturated rings. The summed E-state index contributed by atoms with van der Waals surface area (Å²) in [6, 6.07) is 0. The van der Waals surface area contributed by atoms with Gasteiger partial charge in [-0.05, 0) is 5.21 Å². The lowest BCUT2D eigenvalue weighted by atomic mass is 10.7. The van der Waals surface area contributed by atoms with Gasteiger partial charge in [0, 0.05) is 0 Å². The standard InChI is InChI=1S/C3H5N5O/c1-8-6-3(2-4-9)5-7-8/h2,9H,1H3. The maximum atomic E-state index is 7.98. The van der Waals surface area contributed by atoms with Crippen LogP contribution in [-0.4, -0.2) is 31.6 Å². The number of aryl methyl sites for hydroxylation is 1. The van der Waals surface area contributed by atoms with Crippen molar-refractivity contribution in [3.8, 4) is 0 Å². The fraction of sp³-hybridized carbons (Fsp3) is 0.333. The summed E-state index contributed by atoms with van der Waals surface area (Å²) in [7, 11) is 1.63. The van der Waals surface area contributed by atoms with Gasteiger partial charge in [-0.15, -0.1) is 10.2 Å². The molecule has 0 saturated heterocycles. The Morgan fingerprint density at radius 2 is 2.56 bits per heavy atom. The molecule has 6 heteroatoms. The molecule has 0 aromatic carbocycles. The fourth-order valence-electron chi connectivity index (χ4n) is 0.402. The molecule has 0 bridgehead atoms. The van der Waals surface area contributed by atoms with E-state index < -0.39 is 0 Å². The molecular weight excluding hydrogens is 122 g/mol. The summed E-state index contributed by atoms with van der Waals surface area (Å²) in [6.45, 7) is 0. The van der Waals surface area contributed by atoms with Crippen LogP contribution in [0.2, 0.25) is 0 Å². The number of tetrazole rings is 1. The van der Waals surface area contributed by atoms with Gasteiger partial charge in [-0.25, -0.2) is 0 Å². The number of aromatic nitrogens is 4. The average Bonchev–Trinajstić information content (AvgIpc) is 2.17. The van der Waals surface area contributed by atoms with Gasteiger partial charge in [0.2, 0.25) is 5.82 Å². The number of hydrogen-bond donors (Lipinski definition) is 1. The van der Waals surface area contributed by atoms with Crippen molar-refractivity contribution in [1.82, 2.24) is 20.2 Å². The lowest BCUT2D eigenvalue weighted by Gasteiger charge is -1.75. The van der Waals surface area contributed by atoms with Crippen molar-refractivity contribution in [3.05, 3.63) is 5.82 Å². The normalized spacial score (nSPS) is 10.8. The Bertz CT molecular complexity index is 216. The Balaban J connectivity index is 2.85. The molecule has 0 radical (unpaired) electrons. The van der Waals surface area contributed by atoms with Crippen LogP contribution in [0.25, 0.3) is 0 Å². The van der Waals surface area contributed by atoms with Gasteiger partial charge in [0.1, 0.15) is 6.21 Å². The number of rotatable bonds is 1. The molecule has 0 aliphatic carbocycles. The van der Waals surface area contributed by atoms with Gasteiger partial charge in [-0.1, -0.05) is 5.16 Å². The van der Waals surface area contributed by atoms with Crippen LogP contribution in [0.5, 0.6) is 0 Å². The van der Waals surface area contributed by atoms with E-state index in [1.165, 1.54) is 4.80 Å². The predicted molar refractivity (Wildman–Crippen MR) is 28.2 cm³/mol. The molecule has 0 amide bonds. The van der Waals surface area contributed by atoms with E-state index >= 15 is 0 Å². The van der Waals surface area contributed by atoms with Gasteiger partial charge < -0.3 is 5.21 Å². The zero-order valence-electron chi connectivity index (χ0n) is 4.76. The Labute approximate surface area is 50.8 Å².